The molecule has 112 valence electrons. The summed E-state index contributed by atoms with van der Waals surface area (Å²) >= 11 is 0. The molecule has 0 aliphatic carbocycles. The van der Waals surface area contributed by atoms with Gasteiger partial charge < -0.3 is 10.6 Å². The fourth-order valence-electron chi connectivity index (χ4n) is 2.33. The van der Waals surface area contributed by atoms with Crippen molar-refractivity contribution in [3.8, 4) is 0 Å². The number of carbonyl (C=O) groups is 1. The SMILES string of the molecule is CCc1nn(C)cc1CNc1ccccc1CC(=O)NC. The Balaban J connectivity index is 2.10. The number of carbonyl (C=O) groups excluding carboxylic acids is 1. The third-order valence-corrected chi connectivity index (χ3v) is 3.44. The first-order valence-corrected chi connectivity index (χ1v) is 7.17. The quantitative estimate of drug-likeness (QED) is 0.852. The van der Waals surface area contributed by atoms with Gasteiger partial charge in [-0.3, -0.25) is 9.48 Å². The number of aryl methyl sites for hydroxylation is 2. The molecule has 0 saturated carbocycles. The molecule has 1 aromatic carbocycles. The summed E-state index contributed by atoms with van der Waals surface area (Å²) in [6.45, 7) is 2.81. The van der Waals surface area contributed by atoms with Crippen LogP contribution in [0.5, 0.6) is 0 Å². The molecule has 1 heterocycles. The Labute approximate surface area is 125 Å². The molecule has 0 aliphatic heterocycles. The van der Waals surface area contributed by atoms with Crippen molar-refractivity contribution in [1.82, 2.24) is 15.1 Å². The smallest absolute Gasteiger partial charge is 0.224 e. The third kappa shape index (κ3) is 3.84. The average Bonchev–Trinajstić information content (AvgIpc) is 2.86. The van der Waals surface area contributed by atoms with Crippen LogP contribution >= 0.6 is 0 Å². The first-order chi connectivity index (χ1) is 10.1. The number of para-hydroxylation sites is 1. The molecule has 5 heteroatoms. The number of nitrogens with one attached hydrogen (secondary N) is 2. The summed E-state index contributed by atoms with van der Waals surface area (Å²) in [4.78, 5) is 11.6. The summed E-state index contributed by atoms with van der Waals surface area (Å²) in [5, 5.41) is 10.5. The third-order valence-electron chi connectivity index (χ3n) is 3.44. The Morgan fingerprint density at radius 3 is 2.76 bits per heavy atom. The van der Waals surface area contributed by atoms with Crippen LogP contribution in [0.25, 0.3) is 0 Å². The number of benzene rings is 1. The van der Waals surface area contributed by atoms with E-state index in [1.165, 1.54) is 5.56 Å². The average molecular weight is 286 g/mol. The highest BCUT2D eigenvalue weighted by Gasteiger charge is 2.09. The molecule has 21 heavy (non-hydrogen) atoms. The Kier molecular flexibility index (Phi) is 4.98. The molecule has 0 aliphatic rings. The molecule has 0 fully saturated rings. The first-order valence-electron chi connectivity index (χ1n) is 7.17. The van der Waals surface area contributed by atoms with Gasteiger partial charge in [-0.2, -0.15) is 5.10 Å². The van der Waals surface area contributed by atoms with Gasteiger partial charge in [-0.25, -0.2) is 0 Å². The van der Waals surface area contributed by atoms with Gasteiger partial charge in [-0.05, 0) is 18.1 Å². The molecule has 2 N–H and O–H groups in total. The minimum Gasteiger partial charge on any atom is -0.381 e. The van der Waals surface area contributed by atoms with Crippen molar-refractivity contribution in [1.29, 1.82) is 0 Å². The van der Waals surface area contributed by atoms with Crippen LogP contribution in [0, 0.1) is 0 Å². The second-order valence-electron chi connectivity index (χ2n) is 4.99. The van der Waals surface area contributed by atoms with E-state index in [1.54, 1.807) is 7.05 Å². The fraction of sp³-hybridized carbons (Fsp3) is 0.375. The van der Waals surface area contributed by atoms with Crippen LogP contribution in [0.1, 0.15) is 23.7 Å². The second kappa shape index (κ2) is 6.92. The van der Waals surface area contributed by atoms with Crippen LogP contribution in [-0.2, 0) is 31.2 Å². The van der Waals surface area contributed by atoms with Gasteiger partial charge in [0, 0.05) is 38.1 Å². The minimum absolute atomic E-state index is 0.0138. The standard InChI is InChI=1S/C16H22N4O/c1-4-14-13(11-20(3)19-14)10-18-15-8-6-5-7-12(15)9-16(21)17-2/h5-8,11,18H,4,9-10H2,1-3H3,(H,17,21). The first kappa shape index (κ1) is 15.1. The molecule has 0 spiro atoms. The van der Waals surface area contributed by atoms with E-state index in [0.29, 0.717) is 13.0 Å². The summed E-state index contributed by atoms with van der Waals surface area (Å²) in [5.74, 6) is 0.0138. The zero-order valence-corrected chi connectivity index (χ0v) is 12.8. The highest BCUT2D eigenvalue weighted by molar-refractivity contribution is 5.80. The molecule has 0 bridgehead atoms. The highest BCUT2D eigenvalue weighted by Crippen LogP contribution is 2.18. The normalized spacial score (nSPS) is 10.4. The number of hydrogen-bond donors (Lipinski definition) is 2. The topological polar surface area (TPSA) is 59.0 Å². The minimum atomic E-state index is 0.0138. The molecular weight excluding hydrogens is 264 g/mol. The molecule has 0 radical (unpaired) electrons. The molecule has 1 aromatic heterocycles. The zero-order chi connectivity index (χ0) is 15.2. The molecule has 0 saturated heterocycles. The van der Waals surface area contributed by atoms with E-state index in [2.05, 4.69) is 22.7 Å². The van der Waals surface area contributed by atoms with Crippen molar-refractivity contribution < 1.29 is 4.79 Å². The lowest BCUT2D eigenvalue weighted by atomic mass is 10.1. The number of hydrogen-bond acceptors (Lipinski definition) is 3. The van der Waals surface area contributed by atoms with Gasteiger partial charge in [0.25, 0.3) is 0 Å². The van der Waals surface area contributed by atoms with E-state index in [1.807, 2.05) is 42.2 Å². The Hall–Kier alpha value is -2.30. The van der Waals surface area contributed by atoms with Crippen LogP contribution in [0.3, 0.4) is 0 Å². The van der Waals surface area contributed by atoms with Gasteiger partial charge in [-0.15, -0.1) is 0 Å². The molecule has 2 aromatic rings. The van der Waals surface area contributed by atoms with Gasteiger partial charge in [0.1, 0.15) is 0 Å². The lowest BCUT2D eigenvalue weighted by molar-refractivity contribution is -0.119. The summed E-state index contributed by atoms with van der Waals surface area (Å²) in [7, 11) is 3.59. The maximum absolute atomic E-state index is 11.6. The van der Waals surface area contributed by atoms with Crippen LogP contribution in [-0.4, -0.2) is 22.7 Å². The van der Waals surface area contributed by atoms with E-state index in [-0.39, 0.29) is 5.91 Å². The van der Waals surface area contributed by atoms with E-state index in [4.69, 9.17) is 0 Å². The van der Waals surface area contributed by atoms with Gasteiger partial charge in [0.05, 0.1) is 12.1 Å². The lowest BCUT2D eigenvalue weighted by Crippen LogP contribution is -2.20. The van der Waals surface area contributed by atoms with Gasteiger partial charge in [0.2, 0.25) is 5.91 Å². The number of nitrogens with zero attached hydrogens (tertiary/aromatic N) is 2. The highest BCUT2D eigenvalue weighted by atomic mass is 16.1. The molecule has 2 rings (SSSR count). The zero-order valence-electron chi connectivity index (χ0n) is 12.8. The number of likely N-dealkylation sites (N-methyl/N-ethyl adjacent to an activating group) is 1. The number of rotatable bonds is 6. The number of anilines is 1. The van der Waals surface area contributed by atoms with Crippen molar-refractivity contribution in [3.05, 3.63) is 47.3 Å². The lowest BCUT2D eigenvalue weighted by Gasteiger charge is -2.11. The molecule has 1 amide bonds. The summed E-state index contributed by atoms with van der Waals surface area (Å²) in [6, 6.07) is 7.90. The van der Waals surface area contributed by atoms with Crippen LogP contribution in [0.15, 0.2) is 30.5 Å². The molecular formula is C16H22N4O. The Bertz CT molecular complexity index is 618. The van der Waals surface area contributed by atoms with Gasteiger partial charge in [0.15, 0.2) is 0 Å². The van der Waals surface area contributed by atoms with Gasteiger partial charge in [-0.1, -0.05) is 25.1 Å². The van der Waals surface area contributed by atoms with E-state index >= 15 is 0 Å². The van der Waals surface area contributed by atoms with Crippen LogP contribution in [0.4, 0.5) is 5.69 Å². The van der Waals surface area contributed by atoms with Crippen molar-refractivity contribution in [2.75, 3.05) is 12.4 Å². The van der Waals surface area contributed by atoms with Crippen LogP contribution < -0.4 is 10.6 Å². The van der Waals surface area contributed by atoms with E-state index in [0.717, 1.165) is 23.4 Å². The van der Waals surface area contributed by atoms with Crippen molar-refractivity contribution >= 4 is 11.6 Å². The van der Waals surface area contributed by atoms with Crippen LogP contribution in [0.2, 0.25) is 0 Å². The predicted molar refractivity (Wildman–Crippen MR) is 84.1 cm³/mol. The number of aromatic nitrogens is 2. The van der Waals surface area contributed by atoms with Crippen molar-refractivity contribution in [3.63, 3.8) is 0 Å². The summed E-state index contributed by atoms with van der Waals surface area (Å²) in [6.07, 6.45) is 3.33. The van der Waals surface area contributed by atoms with Crippen molar-refractivity contribution in [2.24, 2.45) is 7.05 Å². The van der Waals surface area contributed by atoms with Gasteiger partial charge >= 0.3 is 0 Å². The largest absolute Gasteiger partial charge is 0.381 e. The van der Waals surface area contributed by atoms with Crippen molar-refractivity contribution in [2.45, 2.75) is 26.3 Å². The fourth-order valence-corrected chi connectivity index (χ4v) is 2.33. The van der Waals surface area contributed by atoms with E-state index < -0.39 is 0 Å². The Morgan fingerprint density at radius 1 is 1.29 bits per heavy atom. The van der Waals surface area contributed by atoms with E-state index in [9.17, 15) is 4.79 Å². The monoisotopic (exact) mass is 286 g/mol. The molecule has 0 atom stereocenters. The maximum Gasteiger partial charge on any atom is 0.224 e. The second-order valence-corrected chi connectivity index (χ2v) is 4.99. The summed E-state index contributed by atoms with van der Waals surface area (Å²) in [5.41, 5.74) is 4.29. The predicted octanol–water partition coefficient (Wildman–Crippen LogP) is 1.88. The summed E-state index contributed by atoms with van der Waals surface area (Å²) < 4.78 is 1.84. The Morgan fingerprint density at radius 2 is 2.05 bits per heavy atom. The molecule has 5 nitrogen and oxygen atoms in total. The molecule has 0 unspecified atom stereocenters. The number of amides is 1. The maximum atomic E-state index is 11.6.